The summed E-state index contributed by atoms with van der Waals surface area (Å²) in [5.41, 5.74) is 0. The average molecular weight is 247 g/mol. The highest BCUT2D eigenvalue weighted by molar-refractivity contribution is 5.29. The molecule has 0 amide bonds. The van der Waals surface area contributed by atoms with E-state index < -0.39 is 0 Å². The number of H-pyrrole nitrogens is 1. The van der Waals surface area contributed by atoms with Crippen molar-refractivity contribution < 1.29 is 4.74 Å². The first-order chi connectivity index (χ1) is 8.79. The number of hydrogen-bond acceptors (Lipinski definition) is 5. The first-order valence-corrected chi connectivity index (χ1v) is 6.01. The normalized spacial score (nSPS) is 12.1. The fourth-order valence-corrected chi connectivity index (χ4v) is 1.48. The maximum absolute atomic E-state index is 5.45. The summed E-state index contributed by atoms with van der Waals surface area (Å²) in [5.74, 6) is 1.96. The molecule has 1 atom stereocenters. The molecule has 0 aromatic carbocycles. The van der Waals surface area contributed by atoms with Gasteiger partial charge < -0.3 is 15.0 Å². The number of nitrogens with zero attached hydrogens (tertiary/aromatic N) is 3. The lowest BCUT2D eigenvalue weighted by atomic mass is 10.3. The molecule has 2 aromatic heterocycles. The van der Waals surface area contributed by atoms with Crippen LogP contribution in [0.15, 0.2) is 24.7 Å². The predicted octanol–water partition coefficient (Wildman–Crippen LogP) is 2.16. The summed E-state index contributed by atoms with van der Waals surface area (Å²) in [4.78, 5) is 15.7. The summed E-state index contributed by atoms with van der Waals surface area (Å²) in [6.07, 6.45) is 6.13. The van der Waals surface area contributed by atoms with Crippen molar-refractivity contribution in [2.75, 3.05) is 11.9 Å². The van der Waals surface area contributed by atoms with Crippen LogP contribution in [-0.4, -0.2) is 26.5 Å². The van der Waals surface area contributed by atoms with Crippen LogP contribution in [0.1, 0.15) is 32.1 Å². The topological polar surface area (TPSA) is 75.7 Å². The van der Waals surface area contributed by atoms with E-state index in [1.165, 1.54) is 0 Å². The number of aromatic nitrogens is 4. The maximum atomic E-state index is 5.45. The van der Waals surface area contributed by atoms with Crippen molar-refractivity contribution in [3.05, 3.63) is 30.5 Å². The van der Waals surface area contributed by atoms with E-state index >= 15 is 0 Å². The first kappa shape index (κ1) is 12.3. The van der Waals surface area contributed by atoms with Crippen LogP contribution in [-0.2, 0) is 0 Å². The Morgan fingerprint density at radius 3 is 3.00 bits per heavy atom. The summed E-state index contributed by atoms with van der Waals surface area (Å²) in [5, 5.41) is 3.17. The SMILES string of the molecule is CCCOc1ccnc(NC(C)c2ncc[nH]2)n1. The molecule has 0 aliphatic carbocycles. The van der Waals surface area contributed by atoms with Crippen LogP contribution in [0.3, 0.4) is 0 Å². The molecule has 2 aromatic rings. The molecule has 96 valence electrons. The second-order valence-electron chi connectivity index (χ2n) is 3.91. The molecule has 6 heteroatoms. The molecule has 0 aliphatic heterocycles. The van der Waals surface area contributed by atoms with Gasteiger partial charge in [-0.25, -0.2) is 9.97 Å². The van der Waals surface area contributed by atoms with Crippen molar-refractivity contribution in [1.82, 2.24) is 19.9 Å². The lowest BCUT2D eigenvalue weighted by Crippen LogP contribution is -2.11. The molecule has 0 spiro atoms. The summed E-state index contributed by atoms with van der Waals surface area (Å²) in [6.45, 7) is 4.70. The molecule has 0 fully saturated rings. The largest absolute Gasteiger partial charge is 0.478 e. The van der Waals surface area contributed by atoms with E-state index in [0.717, 1.165) is 12.2 Å². The zero-order valence-electron chi connectivity index (χ0n) is 10.6. The Bertz CT molecular complexity index is 471. The fourth-order valence-electron chi connectivity index (χ4n) is 1.48. The van der Waals surface area contributed by atoms with E-state index in [1.54, 1.807) is 24.7 Å². The van der Waals surface area contributed by atoms with E-state index in [2.05, 4.69) is 32.2 Å². The predicted molar refractivity (Wildman–Crippen MR) is 68.4 cm³/mol. The number of aromatic amines is 1. The zero-order chi connectivity index (χ0) is 12.8. The van der Waals surface area contributed by atoms with Crippen molar-refractivity contribution in [1.29, 1.82) is 0 Å². The van der Waals surface area contributed by atoms with E-state index in [9.17, 15) is 0 Å². The summed E-state index contributed by atoms with van der Waals surface area (Å²) >= 11 is 0. The Labute approximate surface area is 106 Å². The minimum atomic E-state index is 0.0152. The second kappa shape index (κ2) is 6.00. The Morgan fingerprint density at radius 2 is 2.28 bits per heavy atom. The van der Waals surface area contributed by atoms with Gasteiger partial charge in [-0.1, -0.05) is 6.92 Å². The fraction of sp³-hybridized carbons (Fsp3) is 0.417. The molecule has 6 nitrogen and oxygen atoms in total. The van der Waals surface area contributed by atoms with Gasteiger partial charge in [0.25, 0.3) is 0 Å². The molecule has 1 unspecified atom stereocenters. The quantitative estimate of drug-likeness (QED) is 0.818. The lowest BCUT2D eigenvalue weighted by molar-refractivity contribution is 0.305. The Kier molecular flexibility index (Phi) is 4.11. The maximum Gasteiger partial charge on any atom is 0.226 e. The molecule has 0 bridgehead atoms. The molecule has 18 heavy (non-hydrogen) atoms. The highest BCUT2D eigenvalue weighted by atomic mass is 16.5. The summed E-state index contributed by atoms with van der Waals surface area (Å²) in [6, 6.07) is 1.76. The van der Waals surface area contributed by atoms with Crippen molar-refractivity contribution >= 4 is 5.95 Å². The molecule has 2 N–H and O–H groups in total. The monoisotopic (exact) mass is 247 g/mol. The molecule has 2 heterocycles. The van der Waals surface area contributed by atoms with Crippen LogP contribution < -0.4 is 10.1 Å². The Balaban J connectivity index is 2.00. The molecular weight excluding hydrogens is 230 g/mol. The van der Waals surface area contributed by atoms with E-state index in [1.807, 2.05) is 6.92 Å². The smallest absolute Gasteiger partial charge is 0.226 e. The van der Waals surface area contributed by atoms with Crippen molar-refractivity contribution in [3.8, 4) is 5.88 Å². The zero-order valence-corrected chi connectivity index (χ0v) is 10.6. The van der Waals surface area contributed by atoms with Gasteiger partial charge in [-0.2, -0.15) is 4.98 Å². The number of hydrogen-bond donors (Lipinski definition) is 2. The highest BCUT2D eigenvalue weighted by Gasteiger charge is 2.09. The van der Waals surface area contributed by atoms with Gasteiger partial charge in [0.2, 0.25) is 11.8 Å². The lowest BCUT2D eigenvalue weighted by Gasteiger charge is -2.11. The first-order valence-electron chi connectivity index (χ1n) is 6.01. The number of nitrogens with one attached hydrogen (secondary N) is 2. The third-order valence-electron chi connectivity index (χ3n) is 2.36. The van der Waals surface area contributed by atoms with Gasteiger partial charge in [0.15, 0.2) is 0 Å². The summed E-state index contributed by atoms with van der Waals surface area (Å²) in [7, 11) is 0. The number of imidazole rings is 1. The van der Waals surface area contributed by atoms with Gasteiger partial charge in [-0.05, 0) is 13.3 Å². The van der Waals surface area contributed by atoms with Gasteiger partial charge in [-0.3, -0.25) is 0 Å². The van der Waals surface area contributed by atoms with Crippen molar-refractivity contribution in [3.63, 3.8) is 0 Å². The van der Waals surface area contributed by atoms with E-state index in [-0.39, 0.29) is 6.04 Å². The summed E-state index contributed by atoms with van der Waals surface area (Å²) < 4.78 is 5.45. The molecule has 2 rings (SSSR count). The van der Waals surface area contributed by atoms with Crippen LogP contribution in [0.25, 0.3) is 0 Å². The Morgan fingerprint density at radius 1 is 1.39 bits per heavy atom. The van der Waals surface area contributed by atoms with Gasteiger partial charge in [0, 0.05) is 24.7 Å². The second-order valence-corrected chi connectivity index (χ2v) is 3.91. The highest BCUT2D eigenvalue weighted by Crippen LogP contribution is 2.14. The third-order valence-corrected chi connectivity index (χ3v) is 2.36. The molecule has 0 aliphatic rings. The van der Waals surface area contributed by atoms with E-state index in [4.69, 9.17) is 4.74 Å². The van der Waals surface area contributed by atoms with Crippen molar-refractivity contribution in [2.45, 2.75) is 26.3 Å². The van der Waals surface area contributed by atoms with Crippen LogP contribution in [0.2, 0.25) is 0 Å². The molecular formula is C12H17N5O. The van der Waals surface area contributed by atoms with Gasteiger partial charge >= 0.3 is 0 Å². The standard InChI is InChI=1S/C12H17N5O/c1-3-8-18-10-4-5-15-12(17-10)16-9(2)11-13-6-7-14-11/h4-7,9H,3,8H2,1-2H3,(H,13,14)(H,15,16,17). The van der Waals surface area contributed by atoms with Crippen molar-refractivity contribution in [2.24, 2.45) is 0 Å². The molecule has 0 saturated heterocycles. The van der Waals surface area contributed by atoms with Crippen LogP contribution in [0.5, 0.6) is 5.88 Å². The minimum absolute atomic E-state index is 0.0152. The molecule has 0 radical (unpaired) electrons. The van der Waals surface area contributed by atoms with Crippen LogP contribution >= 0.6 is 0 Å². The van der Waals surface area contributed by atoms with Gasteiger partial charge in [0.05, 0.1) is 12.6 Å². The Hall–Kier alpha value is -2.11. The van der Waals surface area contributed by atoms with Gasteiger partial charge in [-0.15, -0.1) is 0 Å². The number of anilines is 1. The van der Waals surface area contributed by atoms with E-state index in [0.29, 0.717) is 18.4 Å². The minimum Gasteiger partial charge on any atom is -0.478 e. The molecule has 0 saturated carbocycles. The average Bonchev–Trinajstić information content (AvgIpc) is 2.91. The third kappa shape index (κ3) is 3.19. The number of ether oxygens (including phenoxy) is 1. The van der Waals surface area contributed by atoms with Crippen LogP contribution in [0, 0.1) is 0 Å². The number of rotatable bonds is 6. The van der Waals surface area contributed by atoms with Gasteiger partial charge in [0.1, 0.15) is 5.82 Å². The van der Waals surface area contributed by atoms with Crippen LogP contribution in [0.4, 0.5) is 5.95 Å².